The van der Waals surface area contributed by atoms with Crippen molar-refractivity contribution in [2.45, 2.75) is 24.8 Å². The third-order valence-corrected chi connectivity index (χ3v) is 4.44. The molecule has 0 spiro atoms. The summed E-state index contributed by atoms with van der Waals surface area (Å²) >= 11 is 5.91. The number of benzene rings is 1. The smallest absolute Gasteiger partial charge is 0.264 e. The molecular weight excluding hydrogens is 310 g/mol. The van der Waals surface area contributed by atoms with Crippen molar-refractivity contribution in [3.63, 3.8) is 0 Å². The predicted octanol–water partition coefficient (Wildman–Crippen LogP) is 3.36. The maximum absolute atomic E-state index is 12.2. The number of pyridine rings is 1. The van der Waals surface area contributed by atoms with Crippen molar-refractivity contribution in [2.75, 3.05) is 10.0 Å². The summed E-state index contributed by atoms with van der Waals surface area (Å²) in [7, 11) is -3.74. The fraction of sp³-hybridized carbons (Fsp3) is 0.214. The quantitative estimate of drug-likeness (QED) is 0.884. The lowest BCUT2D eigenvalue weighted by Crippen LogP contribution is -2.15. The first-order chi connectivity index (χ1) is 9.88. The summed E-state index contributed by atoms with van der Waals surface area (Å²) in [4.78, 5) is 4.10. The number of halogens is 1. The zero-order valence-corrected chi connectivity index (χ0v) is 13.2. The highest BCUT2D eigenvalue weighted by Crippen LogP contribution is 2.23. The zero-order valence-electron chi connectivity index (χ0n) is 11.7. The number of rotatable bonds is 5. The van der Waals surface area contributed by atoms with Crippen molar-refractivity contribution in [1.82, 2.24) is 4.98 Å². The highest BCUT2D eigenvalue weighted by Gasteiger charge is 2.17. The first-order valence-electron chi connectivity index (χ1n) is 6.38. The molecule has 1 heterocycles. The van der Waals surface area contributed by atoms with Crippen LogP contribution in [0.1, 0.15) is 13.8 Å². The third-order valence-electron chi connectivity index (χ3n) is 2.58. The molecule has 0 bridgehead atoms. The first kappa shape index (κ1) is 15.6. The lowest BCUT2D eigenvalue weighted by Gasteiger charge is -2.11. The SMILES string of the molecule is CC(C)Nc1ccc(NS(=O)(=O)c2ccccc2Cl)nc1. The van der Waals surface area contributed by atoms with Crippen LogP contribution in [-0.2, 0) is 10.0 Å². The summed E-state index contributed by atoms with van der Waals surface area (Å²) in [5.74, 6) is 0.240. The molecule has 1 aromatic heterocycles. The van der Waals surface area contributed by atoms with Crippen LogP contribution in [0.5, 0.6) is 0 Å². The summed E-state index contributed by atoms with van der Waals surface area (Å²) in [6.07, 6.45) is 1.57. The van der Waals surface area contributed by atoms with Gasteiger partial charge in [-0.3, -0.25) is 4.72 Å². The van der Waals surface area contributed by atoms with Crippen molar-refractivity contribution >= 4 is 33.1 Å². The minimum Gasteiger partial charge on any atom is -0.382 e. The van der Waals surface area contributed by atoms with Crippen LogP contribution < -0.4 is 10.0 Å². The predicted molar refractivity (Wildman–Crippen MR) is 85.3 cm³/mol. The molecule has 0 saturated carbocycles. The van der Waals surface area contributed by atoms with Gasteiger partial charge in [-0.05, 0) is 38.1 Å². The summed E-state index contributed by atoms with van der Waals surface area (Å²) in [6, 6.07) is 9.89. The third kappa shape index (κ3) is 4.09. The lowest BCUT2D eigenvalue weighted by atomic mass is 10.3. The maximum Gasteiger partial charge on any atom is 0.264 e. The Morgan fingerprint density at radius 3 is 2.43 bits per heavy atom. The largest absolute Gasteiger partial charge is 0.382 e. The van der Waals surface area contributed by atoms with Gasteiger partial charge in [0.05, 0.1) is 16.9 Å². The average molecular weight is 326 g/mol. The van der Waals surface area contributed by atoms with E-state index in [0.717, 1.165) is 5.69 Å². The Labute approximate surface area is 129 Å². The number of aromatic nitrogens is 1. The molecule has 0 saturated heterocycles. The standard InChI is InChI=1S/C14H16ClN3O2S/c1-10(2)17-11-7-8-14(16-9-11)18-21(19,20)13-6-4-3-5-12(13)15/h3-10,17H,1-2H3,(H,16,18). The van der Waals surface area contributed by atoms with Gasteiger partial charge in [-0.15, -0.1) is 0 Å². The van der Waals surface area contributed by atoms with E-state index in [0.29, 0.717) is 0 Å². The summed E-state index contributed by atoms with van der Waals surface area (Å²) < 4.78 is 26.9. The molecule has 5 nitrogen and oxygen atoms in total. The molecule has 21 heavy (non-hydrogen) atoms. The molecule has 2 N–H and O–H groups in total. The molecule has 7 heteroatoms. The van der Waals surface area contributed by atoms with Gasteiger partial charge in [-0.1, -0.05) is 23.7 Å². The van der Waals surface area contributed by atoms with Gasteiger partial charge < -0.3 is 5.32 Å². The van der Waals surface area contributed by atoms with E-state index in [2.05, 4.69) is 15.0 Å². The second-order valence-electron chi connectivity index (χ2n) is 4.77. The molecule has 0 aliphatic rings. The van der Waals surface area contributed by atoms with E-state index >= 15 is 0 Å². The minimum atomic E-state index is -3.74. The Bertz CT molecular complexity index is 715. The molecule has 0 amide bonds. The molecule has 2 rings (SSSR count). The van der Waals surface area contributed by atoms with Crippen LogP contribution in [-0.4, -0.2) is 19.4 Å². The summed E-state index contributed by atoms with van der Waals surface area (Å²) in [5.41, 5.74) is 0.825. The van der Waals surface area contributed by atoms with Gasteiger partial charge in [0, 0.05) is 6.04 Å². The Hall–Kier alpha value is -1.79. The van der Waals surface area contributed by atoms with Gasteiger partial charge >= 0.3 is 0 Å². The average Bonchev–Trinajstić information content (AvgIpc) is 2.40. The van der Waals surface area contributed by atoms with E-state index in [1.807, 2.05) is 13.8 Å². The second kappa shape index (κ2) is 6.32. The van der Waals surface area contributed by atoms with Crippen LogP contribution in [0.2, 0.25) is 5.02 Å². The van der Waals surface area contributed by atoms with Crippen molar-refractivity contribution in [2.24, 2.45) is 0 Å². The number of hydrogen-bond acceptors (Lipinski definition) is 4. The minimum absolute atomic E-state index is 0.0258. The Balaban J connectivity index is 2.19. The zero-order chi connectivity index (χ0) is 15.5. The van der Waals surface area contributed by atoms with Crippen molar-refractivity contribution in [1.29, 1.82) is 0 Å². The Morgan fingerprint density at radius 2 is 1.86 bits per heavy atom. The van der Waals surface area contributed by atoms with E-state index in [1.54, 1.807) is 30.5 Å². The Morgan fingerprint density at radius 1 is 1.14 bits per heavy atom. The van der Waals surface area contributed by atoms with Crippen LogP contribution in [0.3, 0.4) is 0 Å². The second-order valence-corrected chi connectivity index (χ2v) is 6.83. The molecule has 1 aromatic carbocycles. The number of nitrogens with zero attached hydrogens (tertiary/aromatic N) is 1. The Kier molecular flexibility index (Phi) is 4.69. The van der Waals surface area contributed by atoms with Crippen molar-refractivity contribution in [3.05, 3.63) is 47.6 Å². The van der Waals surface area contributed by atoms with Gasteiger partial charge in [0.25, 0.3) is 10.0 Å². The fourth-order valence-corrected chi connectivity index (χ4v) is 3.26. The van der Waals surface area contributed by atoms with Gasteiger partial charge in [0.2, 0.25) is 0 Å². The van der Waals surface area contributed by atoms with E-state index in [9.17, 15) is 8.42 Å². The van der Waals surface area contributed by atoms with Crippen LogP contribution in [0, 0.1) is 0 Å². The van der Waals surface area contributed by atoms with E-state index < -0.39 is 10.0 Å². The number of nitrogens with one attached hydrogen (secondary N) is 2. The monoisotopic (exact) mass is 325 g/mol. The van der Waals surface area contributed by atoms with Crippen molar-refractivity contribution in [3.8, 4) is 0 Å². The molecule has 0 aliphatic heterocycles. The topological polar surface area (TPSA) is 71.1 Å². The van der Waals surface area contributed by atoms with E-state index in [4.69, 9.17) is 11.6 Å². The molecule has 0 fully saturated rings. The molecule has 0 radical (unpaired) electrons. The van der Waals surface area contributed by atoms with Crippen LogP contribution in [0.15, 0.2) is 47.5 Å². The number of sulfonamides is 1. The summed E-state index contributed by atoms with van der Waals surface area (Å²) in [6.45, 7) is 4.02. The molecule has 2 aromatic rings. The normalized spacial score (nSPS) is 11.4. The fourth-order valence-electron chi connectivity index (χ4n) is 1.73. The van der Waals surface area contributed by atoms with Gasteiger partial charge in [0.15, 0.2) is 0 Å². The molecular formula is C14H16ClN3O2S. The molecule has 0 atom stereocenters. The first-order valence-corrected chi connectivity index (χ1v) is 8.24. The lowest BCUT2D eigenvalue weighted by molar-refractivity contribution is 0.601. The molecule has 112 valence electrons. The van der Waals surface area contributed by atoms with Gasteiger partial charge in [-0.2, -0.15) is 0 Å². The van der Waals surface area contributed by atoms with Crippen molar-refractivity contribution < 1.29 is 8.42 Å². The maximum atomic E-state index is 12.2. The number of anilines is 2. The van der Waals surface area contributed by atoms with Crippen LogP contribution in [0.25, 0.3) is 0 Å². The van der Waals surface area contributed by atoms with Gasteiger partial charge in [-0.25, -0.2) is 13.4 Å². The molecule has 0 unspecified atom stereocenters. The van der Waals surface area contributed by atoms with Crippen LogP contribution in [0.4, 0.5) is 11.5 Å². The van der Waals surface area contributed by atoms with Crippen LogP contribution >= 0.6 is 11.6 Å². The van der Waals surface area contributed by atoms with E-state index in [1.165, 1.54) is 12.1 Å². The van der Waals surface area contributed by atoms with E-state index in [-0.39, 0.29) is 21.8 Å². The highest BCUT2D eigenvalue weighted by atomic mass is 35.5. The summed E-state index contributed by atoms with van der Waals surface area (Å²) in [5, 5.41) is 3.34. The number of hydrogen-bond donors (Lipinski definition) is 2. The molecule has 0 aliphatic carbocycles. The van der Waals surface area contributed by atoms with Gasteiger partial charge in [0.1, 0.15) is 10.7 Å². The highest BCUT2D eigenvalue weighted by molar-refractivity contribution is 7.92.